The van der Waals surface area contributed by atoms with E-state index in [1.807, 2.05) is 58.0 Å². The molecule has 33 heavy (non-hydrogen) atoms. The van der Waals surface area contributed by atoms with Crippen LogP contribution in [0.15, 0.2) is 71.6 Å². The molecule has 0 saturated carbocycles. The van der Waals surface area contributed by atoms with Gasteiger partial charge in [-0.3, -0.25) is 9.10 Å². The van der Waals surface area contributed by atoms with E-state index in [2.05, 4.69) is 5.32 Å². The van der Waals surface area contributed by atoms with Gasteiger partial charge in [0.05, 0.1) is 23.7 Å². The quantitative estimate of drug-likeness (QED) is 0.522. The van der Waals surface area contributed by atoms with Crippen molar-refractivity contribution in [3.63, 3.8) is 0 Å². The van der Waals surface area contributed by atoms with E-state index in [9.17, 15) is 13.2 Å². The predicted octanol–water partition coefficient (Wildman–Crippen LogP) is 4.69. The fourth-order valence-corrected chi connectivity index (χ4v) is 5.14. The lowest BCUT2D eigenvalue weighted by atomic mass is 10.1. The number of rotatable bonds is 8. The molecule has 0 aliphatic heterocycles. The topological polar surface area (TPSA) is 75.7 Å². The molecule has 1 unspecified atom stereocenters. The van der Waals surface area contributed by atoms with Gasteiger partial charge in [-0.25, -0.2) is 8.42 Å². The predicted molar refractivity (Wildman–Crippen MR) is 131 cm³/mol. The van der Waals surface area contributed by atoms with E-state index in [1.54, 1.807) is 43.5 Å². The second kappa shape index (κ2) is 10.1. The molecule has 6 nitrogen and oxygen atoms in total. The maximum Gasteiger partial charge on any atom is 0.264 e. The number of carbonyl (C=O) groups excluding carboxylic acids is 1. The standard InChI is InChI=1S/C26H30N2O4S/c1-18-13-15-22(16-14-18)33(30,31)28(24-11-8-9-19(2)20(24)3)17-26(29)27-21(4)23-10-6-7-12-25(23)32-5/h6-16,21H,17H2,1-5H3,(H,27,29). The number of carbonyl (C=O) groups is 1. The van der Waals surface area contributed by atoms with Gasteiger partial charge in [0.2, 0.25) is 5.91 Å². The number of nitrogens with one attached hydrogen (secondary N) is 1. The molecule has 3 aromatic carbocycles. The van der Waals surface area contributed by atoms with E-state index in [0.717, 1.165) is 22.3 Å². The first kappa shape index (κ1) is 24.3. The number of aryl methyl sites for hydroxylation is 2. The summed E-state index contributed by atoms with van der Waals surface area (Å²) in [6.45, 7) is 7.16. The molecule has 0 aromatic heterocycles. The van der Waals surface area contributed by atoms with E-state index in [-0.39, 0.29) is 17.5 Å². The molecule has 0 heterocycles. The van der Waals surface area contributed by atoms with Crippen molar-refractivity contribution in [2.24, 2.45) is 0 Å². The molecule has 0 bridgehead atoms. The van der Waals surface area contributed by atoms with Crippen molar-refractivity contribution in [3.8, 4) is 5.75 Å². The third-order valence-electron chi connectivity index (χ3n) is 5.72. The summed E-state index contributed by atoms with van der Waals surface area (Å²) in [6, 6.07) is 19.1. The minimum atomic E-state index is -3.97. The van der Waals surface area contributed by atoms with E-state index < -0.39 is 15.9 Å². The third kappa shape index (κ3) is 5.37. The average molecular weight is 467 g/mol. The largest absolute Gasteiger partial charge is 0.496 e. The zero-order valence-electron chi connectivity index (χ0n) is 19.6. The molecule has 3 aromatic rings. The van der Waals surface area contributed by atoms with Crippen LogP contribution in [0.3, 0.4) is 0 Å². The van der Waals surface area contributed by atoms with Crippen LogP contribution in [0.2, 0.25) is 0 Å². The molecule has 0 radical (unpaired) electrons. The van der Waals surface area contributed by atoms with Crippen LogP contribution < -0.4 is 14.4 Å². The molecule has 0 fully saturated rings. The lowest BCUT2D eigenvalue weighted by Gasteiger charge is -2.27. The van der Waals surface area contributed by atoms with Gasteiger partial charge in [-0.2, -0.15) is 0 Å². The monoisotopic (exact) mass is 466 g/mol. The van der Waals surface area contributed by atoms with Crippen LogP contribution >= 0.6 is 0 Å². The Labute approximate surface area is 196 Å². The maximum atomic E-state index is 13.6. The molecule has 1 atom stereocenters. The Morgan fingerprint density at radius 3 is 2.30 bits per heavy atom. The summed E-state index contributed by atoms with van der Waals surface area (Å²) < 4.78 is 33.8. The molecule has 7 heteroatoms. The first-order valence-corrected chi connectivity index (χ1v) is 12.2. The zero-order chi connectivity index (χ0) is 24.2. The Balaban J connectivity index is 1.95. The Bertz CT molecular complexity index is 1240. The highest BCUT2D eigenvalue weighted by Crippen LogP contribution is 2.29. The smallest absolute Gasteiger partial charge is 0.264 e. The SMILES string of the molecule is COc1ccccc1C(C)NC(=O)CN(c1cccc(C)c1C)S(=O)(=O)c1ccc(C)cc1. The van der Waals surface area contributed by atoms with Gasteiger partial charge in [-0.15, -0.1) is 0 Å². The number of para-hydroxylation sites is 1. The molecule has 3 rings (SSSR count). The molecular formula is C26H30N2O4S. The van der Waals surface area contributed by atoms with Crippen molar-refractivity contribution in [3.05, 3.63) is 89.0 Å². The number of ether oxygens (including phenoxy) is 1. The minimum Gasteiger partial charge on any atom is -0.496 e. The first-order chi connectivity index (χ1) is 15.6. The maximum absolute atomic E-state index is 13.6. The van der Waals surface area contributed by atoms with Crippen LogP contribution in [0.5, 0.6) is 5.75 Å². The number of methoxy groups -OCH3 is 1. The van der Waals surface area contributed by atoms with Crippen LogP contribution in [-0.2, 0) is 14.8 Å². The Morgan fingerprint density at radius 2 is 1.64 bits per heavy atom. The van der Waals surface area contributed by atoms with E-state index >= 15 is 0 Å². The fourth-order valence-electron chi connectivity index (χ4n) is 3.66. The minimum absolute atomic E-state index is 0.139. The molecule has 1 amide bonds. The summed E-state index contributed by atoms with van der Waals surface area (Å²) in [7, 11) is -2.40. The van der Waals surface area contributed by atoms with Crippen LogP contribution in [0.25, 0.3) is 0 Å². The average Bonchev–Trinajstić information content (AvgIpc) is 2.79. The summed E-state index contributed by atoms with van der Waals surface area (Å²) >= 11 is 0. The zero-order valence-corrected chi connectivity index (χ0v) is 20.4. The number of nitrogens with zero attached hydrogens (tertiary/aromatic N) is 1. The van der Waals surface area contributed by atoms with E-state index in [4.69, 9.17) is 4.74 Å². The molecule has 0 aliphatic carbocycles. The molecule has 0 aliphatic rings. The van der Waals surface area contributed by atoms with E-state index in [0.29, 0.717) is 11.4 Å². The van der Waals surface area contributed by atoms with Crippen molar-refractivity contribution in [2.75, 3.05) is 18.0 Å². The van der Waals surface area contributed by atoms with Gasteiger partial charge < -0.3 is 10.1 Å². The molecule has 174 valence electrons. The van der Waals surface area contributed by atoms with Gasteiger partial charge >= 0.3 is 0 Å². The number of hydrogen-bond acceptors (Lipinski definition) is 4. The van der Waals surface area contributed by atoms with Gasteiger partial charge in [-0.1, -0.05) is 48.0 Å². The number of benzene rings is 3. The molecule has 1 N–H and O–H groups in total. The van der Waals surface area contributed by atoms with Crippen LogP contribution in [-0.4, -0.2) is 28.0 Å². The second-order valence-electron chi connectivity index (χ2n) is 8.07. The van der Waals surface area contributed by atoms with Gasteiger partial charge in [0, 0.05) is 5.56 Å². The third-order valence-corrected chi connectivity index (χ3v) is 7.50. The highest BCUT2D eigenvalue weighted by Gasteiger charge is 2.29. The summed E-state index contributed by atoms with van der Waals surface area (Å²) in [5.41, 5.74) is 4.00. The van der Waals surface area contributed by atoms with Crippen molar-refractivity contribution in [2.45, 2.75) is 38.6 Å². The van der Waals surface area contributed by atoms with Gasteiger partial charge in [0.15, 0.2) is 0 Å². The van der Waals surface area contributed by atoms with Crippen LogP contribution in [0, 0.1) is 20.8 Å². The normalized spacial score (nSPS) is 12.2. The summed E-state index contributed by atoms with van der Waals surface area (Å²) in [5, 5.41) is 2.91. The van der Waals surface area contributed by atoms with Crippen molar-refractivity contribution in [1.29, 1.82) is 0 Å². The molecule has 0 saturated heterocycles. The number of anilines is 1. The Morgan fingerprint density at radius 1 is 0.970 bits per heavy atom. The van der Waals surface area contributed by atoms with Gasteiger partial charge in [0.25, 0.3) is 10.0 Å². The lowest BCUT2D eigenvalue weighted by molar-refractivity contribution is -0.120. The number of sulfonamides is 1. The van der Waals surface area contributed by atoms with Crippen LogP contribution in [0.4, 0.5) is 5.69 Å². The summed E-state index contributed by atoms with van der Waals surface area (Å²) in [5.74, 6) is 0.244. The highest BCUT2D eigenvalue weighted by atomic mass is 32.2. The van der Waals surface area contributed by atoms with Gasteiger partial charge in [0.1, 0.15) is 12.3 Å². The van der Waals surface area contributed by atoms with Crippen molar-refractivity contribution in [1.82, 2.24) is 5.32 Å². The Hall–Kier alpha value is -3.32. The Kier molecular flexibility index (Phi) is 7.43. The summed E-state index contributed by atoms with van der Waals surface area (Å²) in [4.78, 5) is 13.2. The van der Waals surface area contributed by atoms with Gasteiger partial charge in [-0.05, 0) is 63.1 Å². The number of amides is 1. The van der Waals surface area contributed by atoms with Crippen molar-refractivity contribution < 1.29 is 17.9 Å². The summed E-state index contributed by atoms with van der Waals surface area (Å²) in [6.07, 6.45) is 0. The molecule has 0 spiro atoms. The number of hydrogen-bond donors (Lipinski definition) is 1. The first-order valence-electron chi connectivity index (χ1n) is 10.7. The van der Waals surface area contributed by atoms with Crippen LogP contribution in [0.1, 0.15) is 35.2 Å². The fraction of sp³-hybridized carbons (Fsp3) is 0.269. The highest BCUT2D eigenvalue weighted by molar-refractivity contribution is 7.92. The van der Waals surface area contributed by atoms with E-state index in [1.165, 1.54) is 4.31 Å². The van der Waals surface area contributed by atoms with Crippen molar-refractivity contribution >= 4 is 21.6 Å². The lowest BCUT2D eigenvalue weighted by Crippen LogP contribution is -2.42. The second-order valence-corrected chi connectivity index (χ2v) is 9.94. The molecular weight excluding hydrogens is 436 g/mol.